The fourth-order valence-corrected chi connectivity index (χ4v) is 4.58. The number of aryl methyl sites for hydroxylation is 1. The van der Waals surface area contributed by atoms with Gasteiger partial charge in [0.1, 0.15) is 0 Å². The number of ether oxygens (including phenoxy) is 1. The first-order valence-corrected chi connectivity index (χ1v) is 12.1. The van der Waals surface area contributed by atoms with E-state index >= 15 is 0 Å². The van der Waals surface area contributed by atoms with Crippen molar-refractivity contribution in [2.45, 2.75) is 31.0 Å². The normalized spacial score (nSPS) is 11.1. The Labute approximate surface area is 189 Å². The summed E-state index contributed by atoms with van der Waals surface area (Å²) in [6, 6.07) is 12.9. The van der Waals surface area contributed by atoms with Crippen LogP contribution in [0.5, 0.6) is 0 Å². The summed E-state index contributed by atoms with van der Waals surface area (Å²) in [5, 5.41) is 10.0. The molecule has 2 aromatic carbocycles. The Morgan fingerprint density at radius 1 is 1.06 bits per heavy atom. The summed E-state index contributed by atoms with van der Waals surface area (Å²) >= 11 is 0.728. The van der Waals surface area contributed by atoms with Crippen LogP contribution >= 0.6 is 11.3 Å². The first-order chi connectivity index (χ1) is 15.3. The molecular formula is C21H22N4O5S2. The lowest BCUT2D eigenvalue weighted by molar-refractivity contribution is 0.0499. The number of unbranched alkanes of at least 4 members (excludes halogenated alkanes) is 1. The van der Waals surface area contributed by atoms with E-state index in [1.165, 1.54) is 24.3 Å². The molecule has 1 aromatic heterocycles. The largest absolute Gasteiger partial charge is 0.462 e. The molecular weight excluding hydrogens is 452 g/mol. The third-order valence-electron chi connectivity index (χ3n) is 4.35. The van der Waals surface area contributed by atoms with E-state index in [1.807, 2.05) is 13.0 Å². The van der Waals surface area contributed by atoms with Gasteiger partial charge in [0, 0.05) is 11.3 Å². The minimum atomic E-state index is -4.02. The van der Waals surface area contributed by atoms with Crippen LogP contribution in [0.15, 0.2) is 52.9 Å². The second-order valence-electron chi connectivity index (χ2n) is 6.81. The number of hydrogen-bond acceptors (Lipinski definition) is 8. The number of esters is 1. The van der Waals surface area contributed by atoms with E-state index in [-0.39, 0.29) is 15.2 Å². The van der Waals surface area contributed by atoms with Crippen molar-refractivity contribution < 1.29 is 22.7 Å². The topological polar surface area (TPSA) is 127 Å². The number of hydrogen-bond donors (Lipinski definition) is 2. The molecule has 3 rings (SSSR count). The van der Waals surface area contributed by atoms with Crippen molar-refractivity contribution in [2.75, 3.05) is 16.6 Å². The van der Waals surface area contributed by atoms with Gasteiger partial charge < -0.3 is 4.74 Å². The lowest BCUT2D eigenvalue weighted by atomic mass is 10.1. The molecule has 0 aliphatic heterocycles. The van der Waals surface area contributed by atoms with Crippen molar-refractivity contribution in [1.29, 1.82) is 0 Å². The zero-order valence-electron chi connectivity index (χ0n) is 17.5. The maximum absolute atomic E-state index is 12.6. The fraction of sp³-hybridized carbons (Fsp3) is 0.238. The van der Waals surface area contributed by atoms with Crippen LogP contribution in [0.3, 0.4) is 0 Å². The predicted octanol–water partition coefficient (Wildman–Crippen LogP) is 3.86. The van der Waals surface area contributed by atoms with Crippen molar-refractivity contribution in [3.05, 3.63) is 65.2 Å². The Hall–Kier alpha value is -3.31. The molecule has 0 bridgehead atoms. The van der Waals surface area contributed by atoms with E-state index in [0.29, 0.717) is 17.7 Å². The van der Waals surface area contributed by atoms with Crippen LogP contribution in [0.1, 0.15) is 46.0 Å². The molecule has 9 nitrogen and oxygen atoms in total. The number of aromatic nitrogens is 2. The average molecular weight is 475 g/mol. The highest BCUT2D eigenvalue weighted by molar-refractivity contribution is 7.94. The lowest BCUT2D eigenvalue weighted by Gasteiger charge is -2.07. The van der Waals surface area contributed by atoms with Gasteiger partial charge in [0.25, 0.3) is 20.3 Å². The number of amides is 1. The molecule has 0 fully saturated rings. The Bertz CT molecular complexity index is 1210. The zero-order valence-corrected chi connectivity index (χ0v) is 19.1. The second-order valence-corrected chi connectivity index (χ2v) is 9.65. The summed E-state index contributed by atoms with van der Waals surface area (Å²) in [5.74, 6) is -0.872. The first-order valence-electron chi connectivity index (χ1n) is 9.80. The SMILES string of the molecule is CCCCOC(=O)c1ccc(NS(=O)(=O)c2nnc(NC(=O)c3ccccc3C)s2)cc1. The maximum atomic E-state index is 12.6. The van der Waals surface area contributed by atoms with E-state index in [2.05, 4.69) is 20.2 Å². The van der Waals surface area contributed by atoms with Crippen molar-refractivity contribution in [3.8, 4) is 0 Å². The van der Waals surface area contributed by atoms with Gasteiger partial charge in [0.15, 0.2) is 0 Å². The van der Waals surface area contributed by atoms with Gasteiger partial charge in [0.05, 0.1) is 12.2 Å². The quantitative estimate of drug-likeness (QED) is 0.274. The first kappa shape index (κ1) is 23.4. The molecule has 0 saturated carbocycles. The third kappa shape index (κ3) is 5.89. The molecule has 0 aliphatic carbocycles. The standard InChI is InChI=1S/C21H22N4O5S2/c1-3-4-13-30-19(27)15-9-11-16(12-10-15)25-32(28,29)21-24-23-20(31-21)22-18(26)17-8-6-5-7-14(17)2/h5-12,25H,3-4,13H2,1-2H3,(H,22,23,26). The minimum absolute atomic E-state index is 0.0591. The van der Waals surface area contributed by atoms with Gasteiger partial charge in [-0.25, -0.2) is 4.79 Å². The van der Waals surface area contributed by atoms with Gasteiger partial charge in [-0.1, -0.05) is 42.9 Å². The number of sulfonamides is 1. The Balaban J connectivity index is 1.65. The van der Waals surface area contributed by atoms with Crippen LogP contribution in [0.2, 0.25) is 0 Å². The number of carbonyl (C=O) groups excluding carboxylic acids is 2. The van der Waals surface area contributed by atoms with Crippen LogP contribution in [-0.2, 0) is 14.8 Å². The number of benzene rings is 2. The number of nitrogens with one attached hydrogen (secondary N) is 2. The molecule has 0 atom stereocenters. The van der Waals surface area contributed by atoms with E-state index in [9.17, 15) is 18.0 Å². The van der Waals surface area contributed by atoms with Crippen molar-refractivity contribution in [2.24, 2.45) is 0 Å². The highest BCUT2D eigenvalue weighted by Gasteiger charge is 2.22. The molecule has 1 amide bonds. The van der Waals surface area contributed by atoms with Crippen LogP contribution in [0, 0.1) is 6.92 Å². The van der Waals surface area contributed by atoms with Crippen LogP contribution in [-0.4, -0.2) is 37.1 Å². The van der Waals surface area contributed by atoms with Gasteiger partial charge in [-0.05, 0) is 49.2 Å². The number of nitrogens with zero attached hydrogens (tertiary/aromatic N) is 2. The zero-order chi connectivity index (χ0) is 23.1. The van der Waals surface area contributed by atoms with Crippen molar-refractivity contribution in [3.63, 3.8) is 0 Å². The van der Waals surface area contributed by atoms with Crippen LogP contribution in [0.25, 0.3) is 0 Å². The Kier molecular flexibility index (Phi) is 7.54. The average Bonchev–Trinajstić information content (AvgIpc) is 3.24. The summed E-state index contributed by atoms with van der Waals surface area (Å²) in [6.45, 7) is 4.13. The summed E-state index contributed by atoms with van der Waals surface area (Å²) in [5.41, 5.74) is 1.80. The van der Waals surface area contributed by atoms with Crippen molar-refractivity contribution >= 4 is 44.1 Å². The van der Waals surface area contributed by atoms with Gasteiger partial charge in [0.2, 0.25) is 5.13 Å². The summed E-state index contributed by atoms with van der Waals surface area (Å²) < 4.78 is 32.4. The van der Waals surface area contributed by atoms with E-state index in [0.717, 1.165) is 29.7 Å². The molecule has 32 heavy (non-hydrogen) atoms. The molecule has 168 valence electrons. The lowest BCUT2D eigenvalue weighted by Crippen LogP contribution is -2.13. The Morgan fingerprint density at radius 3 is 2.47 bits per heavy atom. The van der Waals surface area contributed by atoms with Gasteiger partial charge >= 0.3 is 5.97 Å². The molecule has 0 aliphatic rings. The summed E-state index contributed by atoms with van der Waals surface area (Å²) in [4.78, 5) is 24.3. The molecule has 11 heteroatoms. The number of anilines is 2. The van der Waals surface area contributed by atoms with Crippen molar-refractivity contribution in [1.82, 2.24) is 10.2 Å². The number of carbonyl (C=O) groups is 2. The second kappa shape index (κ2) is 10.3. The molecule has 2 N–H and O–H groups in total. The molecule has 1 heterocycles. The molecule has 0 spiro atoms. The van der Waals surface area contributed by atoms with Gasteiger partial charge in [-0.2, -0.15) is 8.42 Å². The van der Waals surface area contributed by atoms with Crippen LogP contribution < -0.4 is 10.0 Å². The van der Waals surface area contributed by atoms with Gasteiger partial charge in [-0.3, -0.25) is 14.8 Å². The minimum Gasteiger partial charge on any atom is -0.462 e. The molecule has 3 aromatic rings. The fourth-order valence-electron chi connectivity index (χ4n) is 2.63. The van der Waals surface area contributed by atoms with E-state index < -0.39 is 21.9 Å². The smallest absolute Gasteiger partial charge is 0.338 e. The van der Waals surface area contributed by atoms with E-state index in [4.69, 9.17) is 4.74 Å². The number of rotatable bonds is 9. The monoisotopic (exact) mass is 474 g/mol. The molecule has 0 saturated heterocycles. The summed E-state index contributed by atoms with van der Waals surface area (Å²) in [7, 11) is -4.02. The Morgan fingerprint density at radius 2 is 1.78 bits per heavy atom. The molecule has 0 unspecified atom stereocenters. The maximum Gasteiger partial charge on any atom is 0.338 e. The summed E-state index contributed by atoms with van der Waals surface area (Å²) in [6.07, 6.45) is 1.69. The highest BCUT2D eigenvalue weighted by atomic mass is 32.2. The van der Waals surface area contributed by atoms with E-state index in [1.54, 1.807) is 25.1 Å². The van der Waals surface area contributed by atoms with Gasteiger partial charge in [-0.15, -0.1) is 10.2 Å². The van der Waals surface area contributed by atoms with Crippen LogP contribution in [0.4, 0.5) is 10.8 Å². The highest BCUT2D eigenvalue weighted by Crippen LogP contribution is 2.23. The predicted molar refractivity (Wildman–Crippen MR) is 121 cm³/mol. The third-order valence-corrected chi connectivity index (χ3v) is 6.94. The molecule has 0 radical (unpaired) electrons.